The lowest BCUT2D eigenvalue weighted by Gasteiger charge is -2.05. The van der Waals surface area contributed by atoms with Gasteiger partial charge in [0.2, 0.25) is 0 Å². The Bertz CT molecular complexity index is 284. The average Bonchev–Trinajstić information content (AvgIpc) is 2.09. The van der Waals surface area contributed by atoms with Gasteiger partial charge in [-0.3, -0.25) is 10.7 Å². The fourth-order valence-electron chi connectivity index (χ4n) is 1.06. The Morgan fingerprint density at radius 1 is 1.42 bits per heavy atom. The van der Waals surface area contributed by atoms with Crippen LogP contribution < -0.4 is 5.73 Å². The zero-order valence-corrected chi connectivity index (χ0v) is 9.47. The van der Waals surface area contributed by atoms with Crippen LogP contribution in [0.25, 0.3) is 0 Å². The van der Waals surface area contributed by atoms with Crippen molar-refractivity contribution in [3.05, 3.63) is 21.0 Å². The summed E-state index contributed by atoms with van der Waals surface area (Å²) in [6, 6.07) is 1.85. The van der Waals surface area contributed by atoms with E-state index in [1.165, 1.54) is 0 Å². The lowest BCUT2D eigenvalue weighted by Crippen LogP contribution is -1.97. The summed E-state index contributed by atoms with van der Waals surface area (Å²) in [4.78, 5) is 4.44. The van der Waals surface area contributed by atoms with E-state index >= 15 is 0 Å². The summed E-state index contributed by atoms with van der Waals surface area (Å²) in [6.45, 7) is 4.14. The Balaban J connectivity index is 3.19. The molecule has 1 aromatic heterocycles. The number of halogens is 1. The monoisotopic (exact) mass is 275 g/mol. The second kappa shape index (κ2) is 4.07. The maximum Gasteiger partial charge on any atom is 0.0709 e. The van der Waals surface area contributed by atoms with Gasteiger partial charge < -0.3 is 0 Å². The van der Waals surface area contributed by atoms with Gasteiger partial charge in [0.05, 0.1) is 15.0 Å². The Labute approximate surface area is 86.7 Å². The normalized spacial score (nSPS) is 10.2. The smallest absolute Gasteiger partial charge is 0.0709 e. The number of hydrogen-bond acceptors (Lipinski definition) is 1. The predicted molar refractivity (Wildman–Crippen MR) is 58.5 cm³/mol. The minimum atomic E-state index is 0.610. The number of rotatable bonds is 2. The number of hydrogen-bond donors (Lipinski definition) is 0. The number of nitrogens with one attached hydrogen (secondary N) is 1. The number of aromatic nitrogens is 1. The molecule has 0 unspecified atom stereocenters. The molecule has 1 radical (unpaired) electrons. The molecule has 0 aliphatic carbocycles. The van der Waals surface area contributed by atoms with Gasteiger partial charge in [0.25, 0.3) is 0 Å². The van der Waals surface area contributed by atoms with E-state index in [1.54, 1.807) is 0 Å². The van der Waals surface area contributed by atoms with E-state index in [2.05, 4.69) is 41.4 Å². The zero-order chi connectivity index (χ0) is 9.14. The molecular weight excluding hydrogens is 263 g/mol. The molecule has 0 spiro atoms. The van der Waals surface area contributed by atoms with Crippen molar-refractivity contribution < 1.29 is 0 Å². The maximum atomic E-state index is 7.66. The highest BCUT2D eigenvalue weighted by atomic mass is 127. The van der Waals surface area contributed by atoms with Gasteiger partial charge >= 0.3 is 0 Å². The summed E-state index contributed by atoms with van der Waals surface area (Å²) in [5, 5.41) is 0. The number of aryl methyl sites for hydroxylation is 2. The highest BCUT2D eigenvalue weighted by molar-refractivity contribution is 14.1. The quantitative estimate of drug-likeness (QED) is 0.764. The fourth-order valence-corrected chi connectivity index (χ4v) is 1.71. The summed E-state index contributed by atoms with van der Waals surface area (Å²) in [5.74, 6) is 0. The van der Waals surface area contributed by atoms with Crippen molar-refractivity contribution in [3.8, 4) is 0 Å². The van der Waals surface area contributed by atoms with Crippen molar-refractivity contribution in [2.45, 2.75) is 26.7 Å². The Kier molecular flexibility index (Phi) is 3.31. The summed E-state index contributed by atoms with van der Waals surface area (Å²) in [7, 11) is 0. The molecule has 65 valence electrons. The molecule has 0 bridgehead atoms. The first kappa shape index (κ1) is 9.77. The van der Waals surface area contributed by atoms with E-state index in [0.717, 1.165) is 27.8 Å². The molecule has 2 nitrogen and oxygen atoms in total. The van der Waals surface area contributed by atoms with Crippen molar-refractivity contribution in [1.29, 1.82) is 0 Å². The van der Waals surface area contributed by atoms with Crippen LogP contribution in [0.3, 0.4) is 0 Å². The molecule has 0 saturated carbocycles. The topological polar surface area (TPSA) is 36.7 Å². The van der Waals surface area contributed by atoms with E-state index in [9.17, 15) is 0 Å². The van der Waals surface area contributed by atoms with Crippen molar-refractivity contribution in [2.75, 3.05) is 0 Å². The molecule has 0 aliphatic heterocycles. The summed E-state index contributed by atoms with van der Waals surface area (Å²) in [5.41, 5.74) is 10.4. The van der Waals surface area contributed by atoms with Crippen LogP contribution in [0.1, 0.15) is 25.2 Å². The van der Waals surface area contributed by atoms with Crippen LogP contribution in [0.2, 0.25) is 0 Å². The first-order valence-electron chi connectivity index (χ1n) is 4.08. The molecule has 3 heteroatoms. The number of nitrogens with zero attached hydrogens (tertiary/aromatic N) is 1. The van der Waals surface area contributed by atoms with Crippen LogP contribution in [0.15, 0.2) is 6.07 Å². The largest absolute Gasteiger partial charge is 0.300 e. The second-order valence-electron chi connectivity index (χ2n) is 2.63. The van der Waals surface area contributed by atoms with Crippen LogP contribution in [0.5, 0.6) is 0 Å². The third-order valence-corrected chi connectivity index (χ3v) is 2.98. The molecule has 1 aromatic rings. The van der Waals surface area contributed by atoms with Crippen LogP contribution in [0.4, 0.5) is 5.69 Å². The average molecular weight is 275 g/mol. The molecule has 0 fully saturated rings. The van der Waals surface area contributed by atoms with Gasteiger partial charge in [-0.15, -0.1) is 0 Å². The Morgan fingerprint density at radius 3 is 2.58 bits per heavy atom. The molecule has 12 heavy (non-hydrogen) atoms. The minimum absolute atomic E-state index is 0.610. The molecule has 1 heterocycles. The number of pyridine rings is 1. The predicted octanol–water partition coefficient (Wildman–Crippen LogP) is 2.73. The summed E-state index contributed by atoms with van der Waals surface area (Å²) < 4.78 is 0.993. The van der Waals surface area contributed by atoms with Crippen molar-refractivity contribution in [2.24, 2.45) is 0 Å². The van der Waals surface area contributed by atoms with E-state index in [-0.39, 0.29) is 0 Å². The van der Waals surface area contributed by atoms with Gasteiger partial charge in [-0.1, -0.05) is 13.8 Å². The highest BCUT2D eigenvalue weighted by Crippen LogP contribution is 2.20. The molecule has 0 atom stereocenters. The molecule has 0 aromatic carbocycles. The summed E-state index contributed by atoms with van der Waals surface area (Å²) >= 11 is 2.19. The van der Waals surface area contributed by atoms with Gasteiger partial charge in [-0.05, 0) is 41.5 Å². The highest BCUT2D eigenvalue weighted by Gasteiger charge is 2.05. The van der Waals surface area contributed by atoms with Gasteiger partial charge in [-0.2, -0.15) is 0 Å². The van der Waals surface area contributed by atoms with E-state index in [1.807, 2.05) is 6.07 Å². The fraction of sp³-hybridized carbons (Fsp3) is 0.444. The summed E-state index contributed by atoms with van der Waals surface area (Å²) in [6.07, 6.45) is 1.83. The molecule has 1 rings (SSSR count). The standard InChI is InChI=1S/C9H12IN2/c1-3-6-5-7(11)9(10)8(4-2)12-6/h5,11H,3-4H2,1-2H3. The molecular formula is C9H12IN2. The molecule has 1 N–H and O–H groups in total. The SMILES string of the molecule is CCc1cc([NH])c(I)c(CC)n1. The van der Waals surface area contributed by atoms with Crippen LogP contribution in [-0.2, 0) is 12.8 Å². The van der Waals surface area contributed by atoms with Gasteiger partial charge in [-0.25, -0.2) is 0 Å². The first-order chi connectivity index (χ1) is 5.69. The minimum Gasteiger partial charge on any atom is -0.300 e. The van der Waals surface area contributed by atoms with Crippen LogP contribution >= 0.6 is 22.6 Å². The van der Waals surface area contributed by atoms with Gasteiger partial charge in [0.15, 0.2) is 0 Å². The van der Waals surface area contributed by atoms with E-state index in [4.69, 9.17) is 5.73 Å². The lowest BCUT2D eigenvalue weighted by atomic mass is 10.2. The molecule has 0 saturated heterocycles. The Morgan fingerprint density at radius 2 is 2.08 bits per heavy atom. The van der Waals surface area contributed by atoms with Gasteiger partial charge in [0.1, 0.15) is 0 Å². The second-order valence-corrected chi connectivity index (χ2v) is 3.71. The lowest BCUT2D eigenvalue weighted by molar-refractivity contribution is 0.943. The van der Waals surface area contributed by atoms with E-state index < -0.39 is 0 Å². The van der Waals surface area contributed by atoms with Crippen LogP contribution in [0, 0.1) is 3.57 Å². The molecule has 0 amide bonds. The van der Waals surface area contributed by atoms with Crippen molar-refractivity contribution in [1.82, 2.24) is 10.7 Å². The maximum absolute atomic E-state index is 7.66. The first-order valence-corrected chi connectivity index (χ1v) is 5.16. The van der Waals surface area contributed by atoms with E-state index in [0.29, 0.717) is 5.69 Å². The third-order valence-electron chi connectivity index (χ3n) is 1.78. The third kappa shape index (κ3) is 1.88. The van der Waals surface area contributed by atoms with Crippen molar-refractivity contribution >= 4 is 28.3 Å². The van der Waals surface area contributed by atoms with Gasteiger partial charge in [0, 0.05) is 5.69 Å². The zero-order valence-electron chi connectivity index (χ0n) is 7.32. The Hall–Kier alpha value is -0.320. The molecule has 0 aliphatic rings. The van der Waals surface area contributed by atoms with Crippen LogP contribution in [-0.4, -0.2) is 4.98 Å². The van der Waals surface area contributed by atoms with Crippen molar-refractivity contribution in [3.63, 3.8) is 0 Å².